The number of sulfone groups is 1. The number of hydrogen-bond donors (Lipinski definition) is 0. The molecule has 1 saturated heterocycles. The van der Waals surface area contributed by atoms with Crippen LogP contribution in [0.4, 0.5) is 4.39 Å². The van der Waals surface area contributed by atoms with Gasteiger partial charge in [0.2, 0.25) is 5.91 Å². The number of carbonyl (C=O) groups is 1. The highest BCUT2D eigenvalue weighted by Gasteiger charge is 2.50. The van der Waals surface area contributed by atoms with Crippen molar-refractivity contribution >= 4 is 21.8 Å². The molecule has 6 rings (SSSR count). The van der Waals surface area contributed by atoms with Gasteiger partial charge in [-0.3, -0.25) is 4.79 Å². The molecule has 2 heterocycles. The van der Waals surface area contributed by atoms with E-state index in [1.165, 1.54) is 17.7 Å². The lowest BCUT2D eigenvalue weighted by Crippen LogP contribution is -2.47. The number of carbonyl (C=O) groups excluding carboxylic acids is 1. The van der Waals surface area contributed by atoms with Crippen LogP contribution in [0.15, 0.2) is 71.3 Å². The van der Waals surface area contributed by atoms with E-state index in [1.807, 2.05) is 21.8 Å². The summed E-state index contributed by atoms with van der Waals surface area (Å²) in [6, 6.07) is 14.9. The van der Waals surface area contributed by atoms with Crippen LogP contribution in [0.2, 0.25) is 0 Å². The zero-order valence-electron chi connectivity index (χ0n) is 20.8. The Balaban J connectivity index is 1.18. The Morgan fingerprint density at radius 2 is 1.73 bits per heavy atom. The molecule has 37 heavy (non-hydrogen) atoms. The van der Waals surface area contributed by atoms with Crippen LogP contribution in [0.5, 0.6) is 0 Å². The minimum atomic E-state index is -3.39. The SMILES string of the molecule is C[C@]12Cc3cnn(-c4ccc(F)cc4)c3C=C1CC[C@@H]2C(=O)N1CCC(S(=O)(=O)c2ccccc2)CC1. The van der Waals surface area contributed by atoms with Gasteiger partial charge in [-0.15, -0.1) is 0 Å². The number of fused-ring (bicyclic) bond motifs is 2. The highest BCUT2D eigenvalue weighted by atomic mass is 32.2. The largest absolute Gasteiger partial charge is 0.342 e. The minimum Gasteiger partial charge on any atom is -0.342 e. The summed E-state index contributed by atoms with van der Waals surface area (Å²) in [5.74, 6) is -0.284. The summed E-state index contributed by atoms with van der Waals surface area (Å²) in [6.07, 6.45) is 7.31. The number of likely N-dealkylation sites (tertiary alicyclic amines) is 1. The number of amides is 1. The molecule has 2 aliphatic carbocycles. The maximum absolute atomic E-state index is 13.8. The average Bonchev–Trinajstić information content (AvgIpc) is 3.47. The van der Waals surface area contributed by atoms with Crippen molar-refractivity contribution in [3.8, 4) is 5.69 Å². The van der Waals surface area contributed by atoms with Crippen molar-refractivity contribution in [2.45, 2.75) is 49.2 Å². The smallest absolute Gasteiger partial charge is 0.226 e. The van der Waals surface area contributed by atoms with Crippen molar-refractivity contribution in [2.75, 3.05) is 13.1 Å². The molecule has 2 aromatic carbocycles. The normalized spacial score (nSPS) is 23.9. The lowest BCUT2D eigenvalue weighted by molar-refractivity contribution is -0.139. The van der Waals surface area contributed by atoms with E-state index >= 15 is 0 Å². The number of rotatable bonds is 4. The predicted molar refractivity (Wildman–Crippen MR) is 139 cm³/mol. The fraction of sp³-hybridized carbons (Fsp3) is 0.379. The van der Waals surface area contributed by atoms with Crippen molar-refractivity contribution in [3.05, 3.63) is 83.4 Å². The molecular weight excluding hydrogens is 489 g/mol. The molecule has 0 N–H and O–H groups in total. The molecule has 1 amide bonds. The highest BCUT2D eigenvalue weighted by molar-refractivity contribution is 7.92. The van der Waals surface area contributed by atoms with Crippen LogP contribution in [-0.2, 0) is 21.1 Å². The van der Waals surface area contributed by atoms with E-state index in [0.29, 0.717) is 30.8 Å². The van der Waals surface area contributed by atoms with Crippen LogP contribution in [0.3, 0.4) is 0 Å². The van der Waals surface area contributed by atoms with Gasteiger partial charge >= 0.3 is 0 Å². The average molecular weight is 520 g/mol. The van der Waals surface area contributed by atoms with Crippen molar-refractivity contribution in [1.29, 1.82) is 0 Å². The van der Waals surface area contributed by atoms with Crippen molar-refractivity contribution < 1.29 is 17.6 Å². The summed E-state index contributed by atoms with van der Waals surface area (Å²) in [4.78, 5) is 16.0. The van der Waals surface area contributed by atoms with Crippen LogP contribution < -0.4 is 0 Å². The molecule has 192 valence electrons. The van der Waals surface area contributed by atoms with E-state index in [4.69, 9.17) is 0 Å². The molecule has 0 radical (unpaired) electrons. The molecule has 0 spiro atoms. The summed E-state index contributed by atoms with van der Waals surface area (Å²) in [5.41, 5.74) is 3.86. The molecule has 1 saturated carbocycles. The number of allylic oxidation sites excluding steroid dienone is 1. The molecule has 8 heteroatoms. The summed E-state index contributed by atoms with van der Waals surface area (Å²) in [6.45, 7) is 3.11. The first-order chi connectivity index (χ1) is 17.8. The Bertz CT molecular complexity index is 1470. The van der Waals surface area contributed by atoms with Gasteiger partial charge in [-0.1, -0.05) is 30.7 Å². The number of aromatic nitrogens is 2. The van der Waals surface area contributed by atoms with Crippen LogP contribution in [0.25, 0.3) is 11.8 Å². The topological polar surface area (TPSA) is 72.3 Å². The first-order valence-corrected chi connectivity index (χ1v) is 14.4. The highest BCUT2D eigenvalue weighted by Crippen LogP contribution is 2.53. The lowest BCUT2D eigenvalue weighted by Gasteiger charge is -2.39. The number of hydrogen-bond acceptors (Lipinski definition) is 4. The molecule has 1 aliphatic heterocycles. The zero-order valence-corrected chi connectivity index (χ0v) is 21.6. The molecule has 0 bridgehead atoms. The van der Waals surface area contributed by atoms with Crippen LogP contribution in [-0.4, -0.2) is 47.3 Å². The molecule has 3 aromatic rings. The van der Waals surface area contributed by atoms with Crippen LogP contribution in [0.1, 0.15) is 43.9 Å². The van der Waals surface area contributed by atoms with Crippen molar-refractivity contribution in [1.82, 2.24) is 14.7 Å². The van der Waals surface area contributed by atoms with E-state index in [2.05, 4.69) is 18.1 Å². The Morgan fingerprint density at radius 3 is 2.43 bits per heavy atom. The first kappa shape index (κ1) is 24.1. The van der Waals surface area contributed by atoms with Gasteiger partial charge in [-0.05, 0) is 80.1 Å². The predicted octanol–water partition coefficient (Wildman–Crippen LogP) is 4.83. The van der Waals surface area contributed by atoms with Crippen molar-refractivity contribution in [3.63, 3.8) is 0 Å². The quantitative estimate of drug-likeness (QED) is 0.495. The second kappa shape index (κ2) is 8.94. The molecule has 0 unspecified atom stereocenters. The Kier molecular flexibility index (Phi) is 5.82. The fourth-order valence-corrected chi connectivity index (χ4v) is 8.19. The standard InChI is InChI=1S/C29H30FN3O3S/c1-29-18-20-19-31-33(23-10-8-22(30)9-11-23)27(20)17-21(29)7-12-26(29)28(34)32-15-13-25(14-16-32)37(35,36)24-5-3-2-4-6-24/h2-6,8-11,17,19,25-26H,7,12-16,18H2,1H3/t26-,29+/m1/s1. The lowest BCUT2D eigenvalue weighted by atomic mass is 9.69. The third-order valence-corrected chi connectivity index (χ3v) is 10.9. The maximum atomic E-state index is 13.8. The summed E-state index contributed by atoms with van der Waals surface area (Å²) in [5, 5.41) is 4.11. The minimum absolute atomic E-state index is 0.135. The third-order valence-electron chi connectivity index (χ3n) is 8.59. The number of piperidine rings is 1. The van der Waals surface area contributed by atoms with Gasteiger partial charge in [0.25, 0.3) is 0 Å². The number of halogens is 1. The van der Waals surface area contributed by atoms with E-state index in [1.54, 1.807) is 36.4 Å². The number of benzene rings is 2. The van der Waals surface area contributed by atoms with Crippen molar-refractivity contribution in [2.24, 2.45) is 11.3 Å². The Hall–Kier alpha value is -3.26. The summed E-state index contributed by atoms with van der Waals surface area (Å²) in [7, 11) is -3.39. The van der Waals surface area contributed by atoms with E-state index in [9.17, 15) is 17.6 Å². The van der Waals surface area contributed by atoms with Gasteiger partial charge in [0.05, 0.1) is 27.7 Å². The molecule has 1 aromatic heterocycles. The Labute approximate surface area is 216 Å². The van der Waals surface area contributed by atoms with Gasteiger partial charge < -0.3 is 4.90 Å². The summed E-state index contributed by atoms with van der Waals surface area (Å²) >= 11 is 0. The number of nitrogens with zero attached hydrogens (tertiary/aromatic N) is 3. The van der Waals surface area contributed by atoms with Gasteiger partial charge in [0.15, 0.2) is 9.84 Å². The fourth-order valence-electron chi connectivity index (χ4n) is 6.44. The second-order valence-electron chi connectivity index (χ2n) is 10.7. The van der Waals surface area contributed by atoms with Gasteiger partial charge in [0, 0.05) is 24.4 Å². The second-order valence-corrected chi connectivity index (χ2v) is 12.9. The summed E-state index contributed by atoms with van der Waals surface area (Å²) < 4.78 is 41.4. The van der Waals surface area contributed by atoms with E-state index < -0.39 is 15.1 Å². The molecule has 2 atom stereocenters. The van der Waals surface area contributed by atoms with E-state index in [0.717, 1.165) is 36.2 Å². The van der Waals surface area contributed by atoms with Crippen LogP contribution in [0, 0.1) is 17.2 Å². The maximum Gasteiger partial charge on any atom is 0.226 e. The van der Waals surface area contributed by atoms with Crippen LogP contribution >= 0.6 is 0 Å². The van der Waals surface area contributed by atoms with Gasteiger partial charge in [0.1, 0.15) is 5.82 Å². The first-order valence-electron chi connectivity index (χ1n) is 12.9. The van der Waals surface area contributed by atoms with Gasteiger partial charge in [-0.2, -0.15) is 5.10 Å². The van der Waals surface area contributed by atoms with Gasteiger partial charge in [-0.25, -0.2) is 17.5 Å². The van der Waals surface area contributed by atoms with E-state index in [-0.39, 0.29) is 23.1 Å². The Morgan fingerprint density at radius 1 is 1.03 bits per heavy atom. The molecule has 2 fully saturated rings. The molecule has 3 aliphatic rings. The molecular formula is C29H30FN3O3S. The third kappa shape index (κ3) is 4.02. The zero-order chi connectivity index (χ0) is 25.8. The monoisotopic (exact) mass is 519 g/mol. The molecule has 6 nitrogen and oxygen atoms in total.